The molecule has 0 fully saturated rings. The number of rotatable bonds is 12. The van der Waals surface area contributed by atoms with Crippen molar-refractivity contribution in [3.05, 3.63) is 35.8 Å². The van der Waals surface area contributed by atoms with Crippen molar-refractivity contribution in [3.8, 4) is 0 Å². The van der Waals surface area contributed by atoms with Crippen LogP contribution in [0.15, 0.2) is 30.2 Å². The predicted octanol–water partition coefficient (Wildman–Crippen LogP) is 2.57. The van der Waals surface area contributed by atoms with E-state index in [0.29, 0.717) is 19.4 Å². The van der Waals surface area contributed by atoms with Crippen molar-refractivity contribution < 1.29 is 30.1 Å². The number of nitrogens with two attached hydrogens (primary N) is 1. The fourth-order valence-corrected chi connectivity index (χ4v) is 2.37. The molecule has 1 aromatic carbocycles. The largest absolute Gasteiger partial charge is 0.444 e. The van der Waals surface area contributed by atoms with Gasteiger partial charge in [0.05, 0.1) is 12.9 Å². The van der Waals surface area contributed by atoms with Crippen LogP contribution in [-0.4, -0.2) is 43.0 Å². The van der Waals surface area contributed by atoms with Crippen LogP contribution in [0.3, 0.4) is 0 Å². The number of benzene rings is 1. The Hall–Kier alpha value is -2.41. The van der Waals surface area contributed by atoms with Gasteiger partial charge in [-0.2, -0.15) is 0 Å². The third-order valence-electron chi connectivity index (χ3n) is 3.67. The molecule has 1 rings (SSSR count). The lowest BCUT2D eigenvalue weighted by Crippen LogP contribution is -2.44. The first-order valence-electron chi connectivity index (χ1n) is 13.4. The van der Waals surface area contributed by atoms with Gasteiger partial charge in [-0.15, -0.1) is 0 Å². The quantitative estimate of drug-likeness (QED) is 0.456. The molecule has 2 amide bonds. The standard InChI is InChI=1S/C22H35N3O4/c1-22(2,3)29-21(28)25-18(12-8-9-13-24-4)19(26)15-17(20(23)27)14-16-10-6-5-7-11-16/h5-7,10-11,17-18,24H,8-9,12-15H2,1-4H3,(H2,23,27)(H,25,28)/t17-,18+/m1/s1/i5D,6D,7D,10D,11D,14D2,17D. The van der Waals surface area contributed by atoms with Crippen LogP contribution in [0.2, 0.25) is 0 Å². The van der Waals surface area contributed by atoms with E-state index < -0.39 is 83.9 Å². The van der Waals surface area contributed by atoms with Gasteiger partial charge in [-0.25, -0.2) is 4.79 Å². The molecule has 1 aromatic rings. The normalized spacial score (nSPS) is 18.9. The molecule has 162 valence electrons. The van der Waals surface area contributed by atoms with Gasteiger partial charge in [0.2, 0.25) is 5.91 Å². The first-order chi connectivity index (χ1) is 16.8. The van der Waals surface area contributed by atoms with Crippen molar-refractivity contribution in [1.29, 1.82) is 0 Å². The molecule has 7 nitrogen and oxygen atoms in total. The van der Waals surface area contributed by atoms with Crippen molar-refractivity contribution in [2.75, 3.05) is 13.6 Å². The Morgan fingerprint density at radius 1 is 1.24 bits per heavy atom. The van der Waals surface area contributed by atoms with Gasteiger partial charge >= 0.3 is 6.09 Å². The van der Waals surface area contributed by atoms with Crippen molar-refractivity contribution >= 4 is 17.8 Å². The Morgan fingerprint density at radius 3 is 2.45 bits per heavy atom. The summed E-state index contributed by atoms with van der Waals surface area (Å²) in [6.45, 7) is 5.47. The van der Waals surface area contributed by atoms with Gasteiger partial charge in [-0.3, -0.25) is 9.59 Å². The number of alkyl carbamates (subject to hydrolysis) is 1. The first kappa shape index (κ1) is 14.6. The Morgan fingerprint density at radius 2 is 1.90 bits per heavy atom. The summed E-state index contributed by atoms with van der Waals surface area (Å²) in [5.74, 6) is -5.55. The molecule has 0 heterocycles. The van der Waals surface area contributed by atoms with E-state index in [2.05, 4.69) is 10.6 Å². The van der Waals surface area contributed by atoms with E-state index >= 15 is 0 Å². The number of ether oxygens (including phenoxy) is 1. The van der Waals surface area contributed by atoms with Crippen LogP contribution in [0.5, 0.6) is 0 Å². The average Bonchev–Trinajstić information content (AvgIpc) is 2.76. The molecule has 29 heavy (non-hydrogen) atoms. The molecule has 0 saturated heterocycles. The second-order valence-electron chi connectivity index (χ2n) is 7.41. The molecule has 0 bridgehead atoms. The Kier molecular flexibility index (Phi) is 6.13. The lowest BCUT2D eigenvalue weighted by Gasteiger charge is -2.24. The molecule has 0 aliphatic rings. The second-order valence-corrected chi connectivity index (χ2v) is 7.41. The Bertz CT molecular complexity index is 1000. The van der Waals surface area contributed by atoms with Gasteiger partial charge in [-0.05, 0) is 65.6 Å². The van der Waals surface area contributed by atoms with E-state index in [0.717, 1.165) is 0 Å². The zero-order valence-corrected chi connectivity index (χ0v) is 17.3. The molecule has 0 aromatic heterocycles. The van der Waals surface area contributed by atoms with E-state index in [1.165, 1.54) is 0 Å². The van der Waals surface area contributed by atoms with Crippen molar-refractivity contribution in [3.63, 3.8) is 0 Å². The molecule has 7 heteroatoms. The van der Waals surface area contributed by atoms with Crippen LogP contribution in [0, 0.1) is 5.89 Å². The summed E-state index contributed by atoms with van der Waals surface area (Å²) in [6.07, 6.45) is -4.17. The van der Waals surface area contributed by atoms with Gasteiger partial charge in [0.25, 0.3) is 0 Å². The maximum Gasteiger partial charge on any atom is 0.408 e. The number of hydrogen-bond acceptors (Lipinski definition) is 5. The minimum Gasteiger partial charge on any atom is -0.444 e. The molecule has 0 aliphatic carbocycles. The minimum absolute atomic E-state index is 0.0895. The summed E-state index contributed by atoms with van der Waals surface area (Å²) in [5, 5.41) is 5.34. The van der Waals surface area contributed by atoms with Gasteiger partial charge in [0, 0.05) is 16.4 Å². The summed E-state index contributed by atoms with van der Waals surface area (Å²) in [6, 6.07) is -5.71. The maximum absolute atomic E-state index is 13.3. The highest BCUT2D eigenvalue weighted by Crippen LogP contribution is 2.16. The third kappa shape index (κ3) is 10.6. The topological polar surface area (TPSA) is 111 Å². The molecule has 4 N–H and O–H groups in total. The van der Waals surface area contributed by atoms with Crippen LogP contribution in [0.25, 0.3) is 0 Å². The number of amides is 2. The Labute approximate surface area is 185 Å². The third-order valence-corrected chi connectivity index (χ3v) is 3.67. The molecule has 0 unspecified atom stereocenters. The van der Waals surface area contributed by atoms with Crippen LogP contribution >= 0.6 is 0 Å². The smallest absolute Gasteiger partial charge is 0.408 e. The van der Waals surface area contributed by atoms with Crippen molar-refractivity contribution in [1.82, 2.24) is 10.6 Å². The first-order valence-corrected chi connectivity index (χ1v) is 9.36. The molecule has 0 saturated carbocycles. The summed E-state index contributed by atoms with van der Waals surface area (Å²) < 4.78 is 70.3. The van der Waals surface area contributed by atoms with Gasteiger partial charge in [0.15, 0.2) is 5.78 Å². The second kappa shape index (κ2) is 12.2. The number of ketones is 1. The van der Waals surface area contributed by atoms with Crippen molar-refractivity contribution in [2.45, 2.75) is 64.5 Å². The van der Waals surface area contributed by atoms with Gasteiger partial charge < -0.3 is 21.1 Å². The molecule has 0 aliphatic heterocycles. The van der Waals surface area contributed by atoms with Crippen molar-refractivity contribution in [2.24, 2.45) is 11.6 Å². The SMILES string of the molecule is [2H]c1c([2H])c([2H])c(C([2H])([2H])[C@]([2H])(CC(=O)[C@H](CCCCNC)NC(=O)OC(C)(C)C)C(N)=O)c([2H])c1[2H]. The lowest BCUT2D eigenvalue weighted by atomic mass is 9.90. The Balaban J connectivity index is 3.46. The zero-order chi connectivity index (χ0) is 28.9. The molecular formula is C22H35N3O4. The van der Waals surface area contributed by atoms with E-state index in [4.69, 9.17) is 21.4 Å². The lowest BCUT2D eigenvalue weighted by molar-refractivity contribution is -0.128. The summed E-state index contributed by atoms with van der Waals surface area (Å²) in [4.78, 5) is 38.1. The van der Waals surface area contributed by atoms with Crippen LogP contribution in [0.4, 0.5) is 4.79 Å². The highest BCUT2D eigenvalue weighted by Gasteiger charge is 2.28. The van der Waals surface area contributed by atoms with Crippen LogP contribution in [0.1, 0.15) is 63.0 Å². The molecule has 0 radical (unpaired) electrons. The average molecular weight is 414 g/mol. The zero-order valence-electron chi connectivity index (χ0n) is 25.3. The fourth-order valence-electron chi connectivity index (χ4n) is 2.37. The number of Topliss-reactive ketones (excluding diaryl/α,β-unsaturated/α-hetero) is 1. The highest BCUT2D eigenvalue weighted by molar-refractivity contribution is 5.91. The monoisotopic (exact) mass is 413 g/mol. The number of unbranched alkanes of at least 4 members (excludes halogenated alkanes) is 1. The summed E-state index contributed by atoms with van der Waals surface area (Å²) in [7, 11) is 1.74. The number of hydrogen-bond donors (Lipinski definition) is 3. The van der Waals surface area contributed by atoms with E-state index in [1.807, 2.05) is 0 Å². The van der Waals surface area contributed by atoms with Gasteiger partial charge in [0.1, 0.15) is 5.60 Å². The minimum atomic E-state index is -3.27. The van der Waals surface area contributed by atoms with E-state index in [-0.39, 0.29) is 6.42 Å². The number of nitrogens with one attached hydrogen (secondary N) is 2. The van der Waals surface area contributed by atoms with Crippen LogP contribution in [-0.2, 0) is 20.7 Å². The predicted molar refractivity (Wildman–Crippen MR) is 113 cm³/mol. The maximum atomic E-state index is 13.3. The fraction of sp³-hybridized carbons (Fsp3) is 0.591. The molecular weight excluding hydrogens is 370 g/mol. The van der Waals surface area contributed by atoms with Crippen LogP contribution < -0.4 is 16.4 Å². The highest BCUT2D eigenvalue weighted by atomic mass is 16.6. The van der Waals surface area contributed by atoms with Gasteiger partial charge in [-0.1, -0.05) is 30.2 Å². The molecule has 0 spiro atoms. The number of primary amides is 1. The van der Waals surface area contributed by atoms with E-state index in [9.17, 15) is 14.4 Å². The summed E-state index contributed by atoms with van der Waals surface area (Å²) >= 11 is 0. The number of carbonyl (C=O) groups is 3. The number of carbonyl (C=O) groups excluding carboxylic acids is 3. The van der Waals surface area contributed by atoms with E-state index in [1.54, 1.807) is 27.8 Å². The summed E-state index contributed by atoms with van der Waals surface area (Å²) in [5.41, 5.74) is 3.53. The molecule has 2 atom stereocenters.